The van der Waals surface area contributed by atoms with E-state index in [2.05, 4.69) is 21.2 Å². The molecule has 0 spiro atoms. The quantitative estimate of drug-likeness (QED) is 0.702. The van der Waals surface area contributed by atoms with Crippen molar-refractivity contribution < 1.29 is 19.4 Å². The minimum absolute atomic E-state index is 0.303. The van der Waals surface area contributed by atoms with Crippen LogP contribution < -0.4 is 10.1 Å². The van der Waals surface area contributed by atoms with Crippen LogP contribution in [0.2, 0.25) is 0 Å². The highest BCUT2D eigenvalue weighted by atomic mass is 79.9. The number of rotatable bonds is 8. The number of aliphatic carboxylic acids is 1. The first-order valence-electron chi connectivity index (χ1n) is 5.41. The molecule has 1 rings (SSSR count). The van der Waals surface area contributed by atoms with Crippen molar-refractivity contribution >= 4 is 40.1 Å². The van der Waals surface area contributed by atoms with E-state index in [9.17, 15) is 9.59 Å². The van der Waals surface area contributed by atoms with Crippen LogP contribution in [0.4, 0.5) is 0 Å². The lowest BCUT2D eigenvalue weighted by Gasteiger charge is -2.11. The fourth-order valence-electron chi connectivity index (χ4n) is 1.35. The first-order chi connectivity index (χ1) is 9.08. The van der Waals surface area contributed by atoms with Gasteiger partial charge >= 0.3 is 5.97 Å². The maximum absolute atomic E-state index is 10.8. The number of carboxylic acid groups (broad SMARTS) is 1. The summed E-state index contributed by atoms with van der Waals surface area (Å²) in [5.41, 5.74) is 1.01. The van der Waals surface area contributed by atoms with Gasteiger partial charge in [-0.1, -0.05) is 15.9 Å². The second-order valence-corrected chi connectivity index (χ2v) is 5.53. The van der Waals surface area contributed by atoms with Crippen LogP contribution in [0.5, 0.6) is 5.75 Å². The minimum atomic E-state index is -1.04. The number of hydrogen-bond donors (Lipinski definition) is 2. The topological polar surface area (TPSA) is 75.6 Å². The molecule has 0 aliphatic rings. The van der Waals surface area contributed by atoms with Crippen LogP contribution in [0.1, 0.15) is 5.56 Å². The second kappa shape index (κ2) is 8.06. The van der Waals surface area contributed by atoms with Gasteiger partial charge in [-0.15, -0.1) is 0 Å². The monoisotopic (exact) mass is 347 g/mol. The third kappa shape index (κ3) is 5.12. The number of carbonyl (C=O) groups excluding carboxylic acids is 1. The average Bonchev–Trinajstić information content (AvgIpc) is 2.39. The Kier molecular flexibility index (Phi) is 6.72. The zero-order valence-electron chi connectivity index (χ0n) is 10.3. The lowest BCUT2D eigenvalue weighted by molar-refractivity contribution is -0.139. The van der Waals surface area contributed by atoms with Crippen LogP contribution >= 0.6 is 27.7 Å². The van der Waals surface area contributed by atoms with Crippen LogP contribution in [0.15, 0.2) is 22.7 Å². The Labute approximate surface area is 123 Å². The Balaban J connectivity index is 2.56. The Bertz CT molecular complexity index is 455. The number of methoxy groups -OCH3 is 1. The molecule has 0 aliphatic heterocycles. The van der Waals surface area contributed by atoms with Gasteiger partial charge in [0.2, 0.25) is 6.41 Å². The van der Waals surface area contributed by atoms with Gasteiger partial charge in [0.05, 0.1) is 7.11 Å². The summed E-state index contributed by atoms with van der Waals surface area (Å²) in [7, 11) is 1.59. The molecule has 0 saturated carbocycles. The van der Waals surface area contributed by atoms with Gasteiger partial charge in [-0.25, -0.2) is 4.79 Å². The normalized spacial score (nSPS) is 11.7. The zero-order valence-corrected chi connectivity index (χ0v) is 12.7. The van der Waals surface area contributed by atoms with Crippen LogP contribution in [-0.2, 0) is 15.3 Å². The van der Waals surface area contributed by atoms with Crippen molar-refractivity contribution in [1.82, 2.24) is 5.32 Å². The molecule has 0 fully saturated rings. The highest BCUT2D eigenvalue weighted by Gasteiger charge is 2.16. The van der Waals surface area contributed by atoms with E-state index in [0.717, 1.165) is 15.8 Å². The molecule has 5 nitrogen and oxygen atoms in total. The van der Waals surface area contributed by atoms with Crippen molar-refractivity contribution in [3.05, 3.63) is 28.2 Å². The highest BCUT2D eigenvalue weighted by molar-refractivity contribution is 9.10. The van der Waals surface area contributed by atoms with Crippen molar-refractivity contribution in [2.24, 2.45) is 0 Å². The van der Waals surface area contributed by atoms with Crippen LogP contribution in [0.3, 0.4) is 0 Å². The third-order valence-electron chi connectivity index (χ3n) is 2.36. The van der Waals surface area contributed by atoms with E-state index < -0.39 is 12.0 Å². The van der Waals surface area contributed by atoms with Crippen LogP contribution in [0, 0.1) is 0 Å². The second-order valence-electron chi connectivity index (χ2n) is 3.65. The predicted molar refractivity (Wildman–Crippen MR) is 77.5 cm³/mol. The van der Waals surface area contributed by atoms with Gasteiger partial charge in [-0.3, -0.25) is 4.79 Å². The number of carbonyl (C=O) groups is 2. The first kappa shape index (κ1) is 15.8. The van der Waals surface area contributed by atoms with Gasteiger partial charge < -0.3 is 15.2 Å². The van der Waals surface area contributed by atoms with Crippen molar-refractivity contribution in [2.75, 3.05) is 12.9 Å². The molecular formula is C12H14BrNO4S. The van der Waals surface area contributed by atoms with E-state index in [1.54, 1.807) is 7.11 Å². The molecule has 1 unspecified atom stereocenters. The molecule has 0 heterocycles. The Hall–Kier alpha value is -1.21. The molecule has 19 heavy (non-hydrogen) atoms. The summed E-state index contributed by atoms with van der Waals surface area (Å²) in [4.78, 5) is 21.1. The molecule has 2 N–H and O–H groups in total. The Morgan fingerprint density at radius 3 is 2.95 bits per heavy atom. The van der Waals surface area contributed by atoms with E-state index in [-0.39, 0.29) is 0 Å². The number of ether oxygens (including phenoxy) is 1. The number of halogens is 1. The maximum atomic E-state index is 10.8. The van der Waals surface area contributed by atoms with Gasteiger partial charge in [-0.05, 0) is 23.8 Å². The van der Waals surface area contributed by atoms with E-state index in [1.807, 2.05) is 18.2 Å². The van der Waals surface area contributed by atoms with Crippen LogP contribution in [0.25, 0.3) is 0 Å². The van der Waals surface area contributed by atoms with Crippen molar-refractivity contribution in [3.63, 3.8) is 0 Å². The van der Waals surface area contributed by atoms with E-state index in [0.29, 0.717) is 17.9 Å². The fraction of sp³-hybridized carbons (Fsp3) is 0.333. The Morgan fingerprint density at radius 2 is 2.37 bits per heavy atom. The summed E-state index contributed by atoms with van der Waals surface area (Å²) >= 11 is 4.86. The molecule has 0 aromatic heterocycles. The third-order valence-corrected chi connectivity index (χ3v) is 4.22. The van der Waals surface area contributed by atoms with Gasteiger partial charge in [0, 0.05) is 16.0 Å². The number of amides is 1. The van der Waals surface area contributed by atoms with Crippen molar-refractivity contribution in [3.8, 4) is 5.75 Å². The van der Waals surface area contributed by atoms with E-state index in [1.165, 1.54) is 11.8 Å². The smallest absolute Gasteiger partial charge is 0.327 e. The summed E-state index contributed by atoms with van der Waals surface area (Å²) in [5, 5.41) is 11.1. The summed E-state index contributed by atoms with van der Waals surface area (Å²) in [6, 6.07) is 4.74. The van der Waals surface area contributed by atoms with E-state index in [4.69, 9.17) is 9.84 Å². The molecule has 1 atom stereocenters. The van der Waals surface area contributed by atoms with E-state index >= 15 is 0 Å². The molecule has 0 aliphatic carbocycles. The number of hydrogen-bond acceptors (Lipinski definition) is 4. The highest BCUT2D eigenvalue weighted by Crippen LogP contribution is 2.26. The van der Waals surface area contributed by atoms with Gasteiger partial charge in [0.25, 0.3) is 0 Å². The number of thioether (sulfide) groups is 1. The van der Waals surface area contributed by atoms with Crippen molar-refractivity contribution in [2.45, 2.75) is 11.8 Å². The number of nitrogens with one attached hydrogen (secondary N) is 1. The van der Waals surface area contributed by atoms with Gasteiger partial charge in [0.15, 0.2) is 0 Å². The predicted octanol–water partition coefficient (Wildman–Crippen LogP) is 1.89. The summed E-state index contributed by atoms with van der Waals surface area (Å²) < 4.78 is 6.07. The molecular weight excluding hydrogens is 334 g/mol. The van der Waals surface area contributed by atoms with Crippen LogP contribution in [-0.4, -0.2) is 36.4 Å². The fourth-order valence-corrected chi connectivity index (χ4v) is 2.97. The standard InChI is InChI=1S/C12H14BrNO4S/c1-18-9-2-3-10(13)8(4-9)5-19-6-11(12(16)17)14-7-15/h2-4,7,11H,5-6H2,1H3,(H,14,15)(H,16,17). The summed E-state index contributed by atoms with van der Waals surface area (Å²) in [6.45, 7) is 0. The molecule has 0 bridgehead atoms. The molecule has 1 amide bonds. The molecule has 104 valence electrons. The largest absolute Gasteiger partial charge is 0.497 e. The Morgan fingerprint density at radius 1 is 1.63 bits per heavy atom. The summed E-state index contributed by atoms with van der Waals surface area (Å²) in [5.74, 6) is 0.642. The SMILES string of the molecule is COc1ccc(Br)c(CSCC(NC=O)C(=O)O)c1. The average molecular weight is 348 g/mol. The minimum Gasteiger partial charge on any atom is -0.497 e. The molecule has 1 aromatic carbocycles. The molecule has 7 heteroatoms. The van der Waals surface area contributed by atoms with Gasteiger partial charge in [0.1, 0.15) is 11.8 Å². The maximum Gasteiger partial charge on any atom is 0.327 e. The number of benzene rings is 1. The molecule has 1 aromatic rings. The summed E-state index contributed by atoms with van der Waals surface area (Å²) in [6.07, 6.45) is 0.404. The molecule has 0 saturated heterocycles. The zero-order chi connectivity index (χ0) is 14.3. The van der Waals surface area contributed by atoms with Gasteiger partial charge in [-0.2, -0.15) is 11.8 Å². The lowest BCUT2D eigenvalue weighted by Crippen LogP contribution is -2.37. The number of carboxylic acids is 1. The lowest BCUT2D eigenvalue weighted by atomic mass is 10.2. The molecule has 0 radical (unpaired) electrons. The first-order valence-corrected chi connectivity index (χ1v) is 7.36. The van der Waals surface area contributed by atoms with Crippen molar-refractivity contribution in [1.29, 1.82) is 0 Å².